The van der Waals surface area contributed by atoms with Gasteiger partial charge >= 0.3 is 0 Å². The monoisotopic (exact) mass is 215 g/mol. The zero-order valence-electron chi connectivity index (χ0n) is 9.10. The molecule has 3 rings (SSSR count). The van der Waals surface area contributed by atoms with E-state index in [4.69, 9.17) is 5.73 Å². The highest BCUT2D eigenvalue weighted by atomic mass is 16.1. The van der Waals surface area contributed by atoms with Crippen molar-refractivity contribution in [3.05, 3.63) is 35.3 Å². The van der Waals surface area contributed by atoms with E-state index in [0.29, 0.717) is 17.1 Å². The van der Waals surface area contributed by atoms with Crippen molar-refractivity contribution < 1.29 is 4.79 Å². The smallest absolute Gasteiger partial charge is 0.252 e. The van der Waals surface area contributed by atoms with Gasteiger partial charge in [0.1, 0.15) is 5.65 Å². The average molecular weight is 215 g/mol. The van der Waals surface area contributed by atoms with Crippen LogP contribution in [0.3, 0.4) is 0 Å². The molecule has 1 aliphatic rings. The third-order valence-electron chi connectivity index (χ3n) is 3.16. The third-order valence-corrected chi connectivity index (χ3v) is 3.16. The molecule has 0 bridgehead atoms. The number of nitrogens with two attached hydrogens (primary N) is 1. The number of fused-ring (bicyclic) bond motifs is 1. The molecule has 2 aromatic rings. The van der Waals surface area contributed by atoms with Gasteiger partial charge in [-0.2, -0.15) is 0 Å². The van der Waals surface area contributed by atoms with Crippen LogP contribution in [0.15, 0.2) is 18.3 Å². The number of hydrogen-bond donors (Lipinski definition) is 1. The van der Waals surface area contributed by atoms with Gasteiger partial charge in [-0.15, -0.1) is 0 Å². The van der Waals surface area contributed by atoms with Crippen LogP contribution in [0, 0.1) is 6.92 Å². The van der Waals surface area contributed by atoms with E-state index in [9.17, 15) is 4.79 Å². The fourth-order valence-electron chi connectivity index (χ4n) is 2.14. The molecule has 1 saturated carbocycles. The molecular formula is C12H13N3O. The summed E-state index contributed by atoms with van der Waals surface area (Å²) in [5, 5.41) is 0. The Hall–Kier alpha value is -1.84. The SMILES string of the molecule is Cc1c(C2CC2)nc2c(C(N)=O)cccn12. The average Bonchev–Trinajstić information content (AvgIpc) is 3.04. The van der Waals surface area contributed by atoms with Crippen molar-refractivity contribution in [3.63, 3.8) is 0 Å². The van der Waals surface area contributed by atoms with Crippen molar-refractivity contribution in [3.8, 4) is 0 Å². The minimum atomic E-state index is -0.419. The second-order valence-corrected chi connectivity index (χ2v) is 4.34. The summed E-state index contributed by atoms with van der Waals surface area (Å²) in [4.78, 5) is 15.8. The van der Waals surface area contributed by atoms with E-state index >= 15 is 0 Å². The molecule has 4 heteroatoms. The molecule has 0 spiro atoms. The highest BCUT2D eigenvalue weighted by molar-refractivity contribution is 5.98. The van der Waals surface area contributed by atoms with Crippen molar-refractivity contribution in [2.24, 2.45) is 5.73 Å². The van der Waals surface area contributed by atoms with Crippen molar-refractivity contribution in [1.82, 2.24) is 9.38 Å². The maximum Gasteiger partial charge on any atom is 0.252 e. The summed E-state index contributed by atoms with van der Waals surface area (Å²) in [7, 11) is 0. The van der Waals surface area contributed by atoms with Crippen LogP contribution in [0.4, 0.5) is 0 Å². The van der Waals surface area contributed by atoms with E-state index in [-0.39, 0.29) is 0 Å². The minimum absolute atomic E-state index is 0.419. The summed E-state index contributed by atoms with van der Waals surface area (Å²) in [5.41, 5.74) is 8.77. The van der Waals surface area contributed by atoms with E-state index in [1.54, 1.807) is 6.07 Å². The van der Waals surface area contributed by atoms with Gasteiger partial charge in [-0.25, -0.2) is 4.98 Å². The number of amides is 1. The molecule has 2 heterocycles. The van der Waals surface area contributed by atoms with Gasteiger partial charge in [0.2, 0.25) is 0 Å². The van der Waals surface area contributed by atoms with Crippen LogP contribution in [-0.4, -0.2) is 15.3 Å². The van der Waals surface area contributed by atoms with Gasteiger partial charge < -0.3 is 10.1 Å². The Balaban J connectivity index is 2.31. The number of hydrogen-bond acceptors (Lipinski definition) is 2. The molecule has 4 nitrogen and oxygen atoms in total. The summed E-state index contributed by atoms with van der Waals surface area (Å²) in [6.07, 6.45) is 4.34. The van der Waals surface area contributed by atoms with Gasteiger partial charge in [0, 0.05) is 17.8 Å². The van der Waals surface area contributed by atoms with Crippen LogP contribution in [0.5, 0.6) is 0 Å². The molecule has 1 amide bonds. The first-order valence-corrected chi connectivity index (χ1v) is 5.46. The third kappa shape index (κ3) is 1.23. The number of pyridine rings is 1. The maximum absolute atomic E-state index is 11.3. The van der Waals surface area contributed by atoms with Crippen molar-refractivity contribution in [2.75, 3.05) is 0 Å². The van der Waals surface area contributed by atoms with Gasteiger partial charge in [0.05, 0.1) is 11.3 Å². The molecule has 0 aromatic carbocycles. The molecule has 82 valence electrons. The second kappa shape index (κ2) is 3.07. The lowest BCUT2D eigenvalue weighted by Crippen LogP contribution is -2.12. The molecule has 0 aliphatic heterocycles. The number of nitrogens with zero attached hydrogens (tertiary/aromatic N) is 2. The Kier molecular flexibility index (Phi) is 1.80. The summed E-state index contributed by atoms with van der Waals surface area (Å²) in [5.74, 6) is 0.165. The van der Waals surface area contributed by atoms with Crippen LogP contribution in [0.1, 0.15) is 40.5 Å². The largest absolute Gasteiger partial charge is 0.365 e. The van der Waals surface area contributed by atoms with Gasteiger partial charge in [0.15, 0.2) is 0 Å². The number of imidazole rings is 1. The van der Waals surface area contributed by atoms with Gasteiger partial charge in [-0.1, -0.05) is 0 Å². The summed E-state index contributed by atoms with van der Waals surface area (Å²) in [6.45, 7) is 2.04. The number of primary amides is 1. The Labute approximate surface area is 93.1 Å². The normalized spacial score (nSPS) is 15.6. The van der Waals surface area contributed by atoms with Crippen molar-refractivity contribution >= 4 is 11.6 Å². The van der Waals surface area contributed by atoms with E-state index in [1.807, 2.05) is 23.6 Å². The first-order valence-electron chi connectivity index (χ1n) is 5.46. The predicted molar refractivity (Wildman–Crippen MR) is 60.4 cm³/mol. The van der Waals surface area contributed by atoms with Crippen molar-refractivity contribution in [1.29, 1.82) is 0 Å². The molecule has 16 heavy (non-hydrogen) atoms. The molecule has 1 aliphatic carbocycles. The zero-order valence-corrected chi connectivity index (χ0v) is 9.10. The first kappa shape index (κ1) is 9.39. The number of carbonyl (C=O) groups excluding carboxylic acids is 1. The topological polar surface area (TPSA) is 60.4 Å². The highest BCUT2D eigenvalue weighted by Crippen LogP contribution is 2.41. The fourth-order valence-corrected chi connectivity index (χ4v) is 2.14. The molecular weight excluding hydrogens is 202 g/mol. The molecule has 0 atom stereocenters. The Bertz CT molecular complexity index is 581. The van der Waals surface area contributed by atoms with Crippen LogP contribution >= 0.6 is 0 Å². The standard InChI is InChI=1S/C12H13N3O/c1-7-10(8-4-5-8)14-12-9(11(13)16)3-2-6-15(7)12/h2-3,6,8H,4-5H2,1H3,(H2,13,16). The van der Waals surface area contributed by atoms with Gasteiger partial charge in [0.25, 0.3) is 5.91 Å². The van der Waals surface area contributed by atoms with Crippen LogP contribution in [-0.2, 0) is 0 Å². The van der Waals surface area contributed by atoms with Crippen LogP contribution in [0.25, 0.3) is 5.65 Å². The number of aromatic nitrogens is 2. The minimum Gasteiger partial charge on any atom is -0.365 e. The van der Waals surface area contributed by atoms with E-state index < -0.39 is 5.91 Å². The fraction of sp³-hybridized carbons (Fsp3) is 0.333. The van der Waals surface area contributed by atoms with E-state index in [2.05, 4.69) is 4.98 Å². The lowest BCUT2D eigenvalue weighted by molar-refractivity contribution is 0.100. The Morgan fingerprint density at radius 1 is 1.56 bits per heavy atom. The molecule has 0 saturated heterocycles. The molecule has 2 aromatic heterocycles. The Morgan fingerprint density at radius 3 is 2.94 bits per heavy atom. The number of carbonyl (C=O) groups is 1. The lowest BCUT2D eigenvalue weighted by atomic mass is 10.2. The maximum atomic E-state index is 11.3. The lowest BCUT2D eigenvalue weighted by Gasteiger charge is -1.99. The predicted octanol–water partition coefficient (Wildman–Crippen LogP) is 1.62. The van der Waals surface area contributed by atoms with E-state index in [0.717, 1.165) is 11.4 Å². The first-order chi connectivity index (χ1) is 7.68. The molecule has 2 N–H and O–H groups in total. The Morgan fingerprint density at radius 2 is 2.31 bits per heavy atom. The molecule has 1 fully saturated rings. The van der Waals surface area contributed by atoms with Gasteiger partial charge in [-0.05, 0) is 31.9 Å². The van der Waals surface area contributed by atoms with Crippen LogP contribution in [0.2, 0.25) is 0 Å². The highest BCUT2D eigenvalue weighted by Gasteiger charge is 2.29. The summed E-state index contributed by atoms with van der Waals surface area (Å²) >= 11 is 0. The quantitative estimate of drug-likeness (QED) is 0.827. The number of rotatable bonds is 2. The second-order valence-electron chi connectivity index (χ2n) is 4.34. The number of aryl methyl sites for hydroxylation is 1. The molecule has 0 radical (unpaired) electrons. The van der Waals surface area contributed by atoms with Gasteiger partial charge in [-0.3, -0.25) is 4.79 Å². The summed E-state index contributed by atoms with van der Waals surface area (Å²) < 4.78 is 1.95. The molecule has 0 unspecified atom stereocenters. The van der Waals surface area contributed by atoms with Crippen LogP contribution < -0.4 is 5.73 Å². The zero-order chi connectivity index (χ0) is 11.3. The van der Waals surface area contributed by atoms with Crippen molar-refractivity contribution in [2.45, 2.75) is 25.7 Å². The summed E-state index contributed by atoms with van der Waals surface area (Å²) in [6, 6.07) is 3.55. The van der Waals surface area contributed by atoms with E-state index in [1.165, 1.54) is 12.8 Å².